The molecule has 0 bridgehead atoms. The van der Waals surface area contributed by atoms with E-state index in [1.807, 2.05) is 13.8 Å². The fourth-order valence-electron chi connectivity index (χ4n) is 2.78. The SMILES string of the molecule is CC(C)C(NC(=O)c1ccccc1F)C(=O)NCCN1CCNCC1.Cl. The first-order valence-electron chi connectivity index (χ1n) is 8.75. The molecule has 1 aromatic rings. The zero-order chi connectivity index (χ0) is 18.2. The molecule has 0 radical (unpaired) electrons. The van der Waals surface area contributed by atoms with Gasteiger partial charge in [-0.15, -0.1) is 12.4 Å². The van der Waals surface area contributed by atoms with Crippen molar-refractivity contribution in [1.82, 2.24) is 20.9 Å². The van der Waals surface area contributed by atoms with Crippen LogP contribution in [0.5, 0.6) is 0 Å². The molecule has 26 heavy (non-hydrogen) atoms. The van der Waals surface area contributed by atoms with Crippen LogP contribution in [-0.4, -0.2) is 62.0 Å². The average molecular weight is 387 g/mol. The molecule has 2 amide bonds. The summed E-state index contributed by atoms with van der Waals surface area (Å²) in [6, 6.07) is 5.05. The normalized spacial score (nSPS) is 15.8. The maximum atomic E-state index is 13.7. The van der Waals surface area contributed by atoms with E-state index >= 15 is 0 Å². The summed E-state index contributed by atoms with van der Waals surface area (Å²) in [5.41, 5.74) is -0.0539. The Morgan fingerprint density at radius 1 is 1.23 bits per heavy atom. The summed E-state index contributed by atoms with van der Waals surface area (Å²) < 4.78 is 13.7. The van der Waals surface area contributed by atoms with Gasteiger partial charge in [-0.1, -0.05) is 26.0 Å². The van der Waals surface area contributed by atoms with E-state index in [4.69, 9.17) is 0 Å². The zero-order valence-electron chi connectivity index (χ0n) is 15.3. The largest absolute Gasteiger partial charge is 0.353 e. The maximum Gasteiger partial charge on any atom is 0.254 e. The van der Waals surface area contributed by atoms with Gasteiger partial charge in [-0.05, 0) is 18.1 Å². The molecule has 1 atom stereocenters. The Morgan fingerprint density at radius 2 is 1.88 bits per heavy atom. The van der Waals surface area contributed by atoms with E-state index in [1.165, 1.54) is 18.2 Å². The van der Waals surface area contributed by atoms with Crippen LogP contribution in [0.3, 0.4) is 0 Å². The third kappa shape index (κ3) is 6.55. The Kier molecular flexibility index (Phi) is 9.54. The van der Waals surface area contributed by atoms with Crippen molar-refractivity contribution in [3.05, 3.63) is 35.6 Å². The third-order valence-corrected chi connectivity index (χ3v) is 4.29. The van der Waals surface area contributed by atoms with Crippen molar-refractivity contribution in [1.29, 1.82) is 0 Å². The van der Waals surface area contributed by atoms with Crippen molar-refractivity contribution in [2.45, 2.75) is 19.9 Å². The number of amides is 2. The van der Waals surface area contributed by atoms with Gasteiger partial charge in [-0.3, -0.25) is 14.5 Å². The first kappa shape index (κ1) is 22.3. The van der Waals surface area contributed by atoms with Crippen LogP contribution in [-0.2, 0) is 4.79 Å². The van der Waals surface area contributed by atoms with Crippen molar-refractivity contribution in [3.63, 3.8) is 0 Å². The second-order valence-electron chi connectivity index (χ2n) is 6.56. The lowest BCUT2D eigenvalue weighted by molar-refractivity contribution is -0.124. The summed E-state index contributed by atoms with van der Waals surface area (Å²) >= 11 is 0. The smallest absolute Gasteiger partial charge is 0.254 e. The number of rotatable bonds is 7. The highest BCUT2D eigenvalue weighted by atomic mass is 35.5. The molecule has 1 unspecified atom stereocenters. The molecule has 0 saturated carbocycles. The predicted molar refractivity (Wildman–Crippen MR) is 102 cm³/mol. The van der Waals surface area contributed by atoms with Crippen molar-refractivity contribution in [2.24, 2.45) is 5.92 Å². The van der Waals surface area contributed by atoms with E-state index in [1.54, 1.807) is 6.07 Å². The molecule has 8 heteroatoms. The minimum absolute atomic E-state index is 0. The minimum atomic E-state index is -0.699. The Labute approximate surface area is 160 Å². The van der Waals surface area contributed by atoms with Crippen LogP contribution < -0.4 is 16.0 Å². The third-order valence-electron chi connectivity index (χ3n) is 4.29. The number of piperazine rings is 1. The van der Waals surface area contributed by atoms with Gasteiger partial charge in [0.1, 0.15) is 11.9 Å². The Morgan fingerprint density at radius 3 is 2.50 bits per heavy atom. The van der Waals surface area contributed by atoms with E-state index in [9.17, 15) is 14.0 Å². The van der Waals surface area contributed by atoms with Gasteiger partial charge < -0.3 is 16.0 Å². The summed E-state index contributed by atoms with van der Waals surface area (Å²) in [5.74, 6) is -1.51. The number of hydrogen-bond donors (Lipinski definition) is 3. The summed E-state index contributed by atoms with van der Waals surface area (Å²) in [6.45, 7) is 8.85. The summed E-state index contributed by atoms with van der Waals surface area (Å²) in [6.07, 6.45) is 0. The average Bonchev–Trinajstić information content (AvgIpc) is 2.60. The van der Waals surface area contributed by atoms with E-state index in [-0.39, 0.29) is 29.8 Å². The number of benzene rings is 1. The molecule has 146 valence electrons. The van der Waals surface area contributed by atoms with E-state index in [0.29, 0.717) is 6.54 Å². The van der Waals surface area contributed by atoms with E-state index in [0.717, 1.165) is 32.7 Å². The lowest BCUT2D eigenvalue weighted by Crippen LogP contribution is -2.52. The molecule has 0 aliphatic carbocycles. The highest BCUT2D eigenvalue weighted by Crippen LogP contribution is 2.09. The molecular weight excluding hydrogens is 359 g/mol. The minimum Gasteiger partial charge on any atom is -0.353 e. The summed E-state index contributed by atoms with van der Waals surface area (Å²) in [5, 5.41) is 8.80. The second-order valence-corrected chi connectivity index (χ2v) is 6.56. The van der Waals surface area contributed by atoms with Gasteiger partial charge in [0.25, 0.3) is 5.91 Å². The lowest BCUT2D eigenvalue weighted by atomic mass is 10.0. The van der Waals surface area contributed by atoms with Crippen molar-refractivity contribution in [2.75, 3.05) is 39.3 Å². The summed E-state index contributed by atoms with van der Waals surface area (Å²) in [4.78, 5) is 27.0. The molecule has 0 aromatic heterocycles. The van der Waals surface area contributed by atoms with Gasteiger partial charge in [0, 0.05) is 39.3 Å². The quantitative estimate of drug-likeness (QED) is 0.654. The molecule has 3 N–H and O–H groups in total. The number of halogens is 2. The van der Waals surface area contributed by atoms with Gasteiger partial charge in [0.05, 0.1) is 5.56 Å². The highest BCUT2D eigenvalue weighted by Gasteiger charge is 2.25. The summed E-state index contributed by atoms with van der Waals surface area (Å²) in [7, 11) is 0. The number of nitrogens with one attached hydrogen (secondary N) is 3. The highest BCUT2D eigenvalue weighted by molar-refractivity contribution is 5.97. The number of nitrogens with zero attached hydrogens (tertiary/aromatic N) is 1. The Hall–Kier alpha value is -1.70. The molecular formula is C18H28ClFN4O2. The van der Waals surface area contributed by atoms with Gasteiger partial charge >= 0.3 is 0 Å². The van der Waals surface area contributed by atoms with Crippen LogP contribution in [0.1, 0.15) is 24.2 Å². The van der Waals surface area contributed by atoms with Crippen molar-refractivity contribution in [3.8, 4) is 0 Å². The first-order chi connectivity index (χ1) is 12.0. The zero-order valence-corrected chi connectivity index (χ0v) is 16.1. The van der Waals surface area contributed by atoms with Crippen LogP contribution >= 0.6 is 12.4 Å². The Bertz CT molecular complexity index is 594. The van der Waals surface area contributed by atoms with Gasteiger partial charge in [-0.2, -0.15) is 0 Å². The van der Waals surface area contributed by atoms with Crippen LogP contribution in [0.15, 0.2) is 24.3 Å². The first-order valence-corrected chi connectivity index (χ1v) is 8.75. The topological polar surface area (TPSA) is 73.5 Å². The van der Waals surface area contributed by atoms with Crippen LogP contribution in [0.25, 0.3) is 0 Å². The monoisotopic (exact) mass is 386 g/mol. The van der Waals surface area contributed by atoms with Gasteiger partial charge in [0.15, 0.2) is 0 Å². The van der Waals surface area contributed by atoms with E-state index < -0.39 is 17.8 Å². The number of carbonyl (C=O) groups is 2. The standard InChI is InChI=1S/C18H27FN4O2.ClH/c1-13(2)16(22-17(24)14-5-3-4-6-15(14)19)18(25)21-9-12-23-10-7-20-8-11-23;/h3-6,13,16,20H,7-12H2,1-2H3,(H,21,25)(H,22,24);1H. The van der Waals surface area contributed by atoms with Crippen molar-refractivity contribution < 1.29 is 14.0 Å². The lowest BCUT2D eigenvalue weighted by Gasteiger charge is -2.28. The molecule has 1 fully saturated rings. The van der Waals surface area contributed by atoms with Crippen LogP contribution in [0.2, 0.25) is 0 Å². The maximum absolute atomic E-state index is 13.7. The molecule has 1 aromatic carbocycles. The molecule has 2 rings (SSSR count). The molecule has 0 spiro atoms. The number of carbonyl (C=O) groups excluding carboxylic acids is 2. The second kappa shape index (κ2) is 11.1. The van der Waals surface area contributed by atoms with Crippen LogP contribution in [0, 0.1) is 11.7 Å². The Balaban J connectivity index is 0.00000338. The molecule has 6 nitrogen and oxygen atoms in total. The van der Waals surface area contributed by atoms with Gasteiger partial charge in [-0.25, -0.2) is 4.39 Å². The van der Waals surface area contributed by atoms with E-state index in [2.05, 4.69) is 20.9 Å². The molecule has 1 saturated heterocycles. The predicted octanol–water partition coefficient (Wildman–Crippen LogP) is 1.02. The fourth-order valence-corrected chi connectivity index (χ4v) is 2.78. The molecule has 1 aliphatic heterocycles. The number of hydrogen-bond acceptors (Lipinski definition) is 4. The van der Waals surface area contributed by atoms with Crippen LogP contribution in [0.4, 0.5) is 4.39 Å². The fraction of sp³-hybridized carbons (Fsp3) is 0.556. The van der Waals surface area contributed by atoms with Gasteiger partial charge in [0.2, 0.25) is 5.91 Å². The molecule has 1 aliphatic rings. The molecule has 1 heterocycles. The van der Waals surface area contributed by atoms with Crippen molar-refractivity contribution >= 4 is 24.2 Å².